The van der Waals surface area contributed by atoms with Crippen LogP contribution in [0.25, 0.3) is 0 Å². The summed E-state index contributed by atoms with van der Waals surface area (Å²) in [6.07, 6.45) is 1.75. The Morgan fingerprint density at radius 1 is 1.28 bits per heavy atom. The molecule has 3 heterocycles. The molecule has 29 heavy (non-hydrogen) atoms. The quantitative estimate of drug-likeness (QED) is 0.721. The van der Waals surface area contributed by atoms with Crippen LogP contribution < -0.4 is 4.74 Å². The van der Waals surface area contributed by atoms with Gasteiger partial charge in [0.2, 0.25) is 5.91 Å². The van der Waals surface area contributed by atoms with Crippen LogP contribution in [0.15, 0.2) is 29.6 Å². The van der Waals surface area contributed by atoms with E-state index in [-0.39, 0.29) is 30.5 Å². The van der Waals surface area contributed by atoms with Gasteiger partial charge in [-0.3, -0.25) is 9.69 Å². The fourth-order valence-corrected chi connectivity index (χ4v) is 4.52. The number of hydrogen-bond acceptors (Lipinski definition) is 6. The van der Waals surface area contributed by atoms with E-state index in [4.69, 9.17) is 9.47 Å². The van der Waals surface area contributed by atoms with E-state index in [0.717, 1.165) is 43.2 Å². The Morgan fingerprint density at radius 3 is 2.72 bits per heavy atom. The van der Waals surface area contributed by atoms with E-state index < -0.39 is 0 Å². The summed E-state index contributed by atoms with van der Waals surface area (Å²) in [6, 6.07) is 6.18. The highest BCUT2D eigenvalue weighted by molar-refractivity contribution is 7.09. The highest BCUT2D eigenvalue weighted by atomic mass is 32.1. The van der Waals surface area contributed by atoms with Gasteiger partial charge in [0.1, 0.15) is 30.9 Å². The number of carbonyl (C=O) groups is 1. The van der Waals surface area contributed by atoms with Crippen LogP contribution in [-0.4, -0.2) is 65.7 Å². The molecule has 0 N–H and O–H groups in total. The highest BCUT2D eigenvalue weighted by Crippen LogP contribution is 2.22. The summed E-state index contributed by atoms with van der Waals surface area (Å²) >= 11 is 1.69. The van der Waals surface area contributed by atoms with Gasteiger partial charge >= 0.3 is 0 Å². The molecule has 0 aliphatic carbocycles. The number of halogens is 1. The van der Waals surface area contributed by atoms with Crippen molar-refractivity contribution in [3.05, 3.63) is 46.2 Å². The molecule has 1 amide bonds. The molecule has 1 unspecified atom stereocenters. The van der Waals surface area contributed by atoms with Crippen molar-refractivity contribution in [2.75, 3.05) is 32.8 Å². The van der Waals surface area contributed by atoms with E-state index in [1.54, 1.807) is 23.5 Å². The van der Waals surface area contributed by atoms with Crippen molar-refractivity contribution in [2.45, 2.75) is 38.5 Å². The number of benzene rings is 1. The Morgan fingerprint density at radius 2 is 2.03 bits per heavy atom. The standard InChI is InChI=1S/C21H26FN3O3S/c1-15-23-17(14-29-15)10-24-8-6-18(7-9-24)25-11-20(28-13-21(25)26)12-27-19-4-2-16(22)3-5-19/h2-5,14,18,20H,6-13H2,1H3. The van der Waals surface area contributed by atoms with Crippen molar-refractivity contribution >= 4 is 17.2 Å². The molecule has 2 aliphatic rings. The molecule has 8 heteroatoms. The Bertz CT molecular complexity index is 821. The van der Waals surface area contributed by atoms with Gasteiger partial charge in [-0.1, -0.05) is 0 Å². The zero-order valence-corrected chi connectivity index (χ0v) is 17.4. The molecule has 2 fully saturated rings. The normalized spacial score (nSPS) is 21.5. The number of ether oxygens (including phenoxy) is 2. The number of morpholine rings is 1. The van der Waals surface area contributed by atoms with Gasteiger partial charge in [0.25, 0.3) is 0 Å². The molecule has 0 saturated carbocycles. The average molecular weight is 420 g/mol. The number of amides is 1. The van der Waals surface area contributed by atoms with Crippen molar-refractivity contribution in [2.24, 2.45) is 0 Å². The molecule has 2 aromatic rings. The smallest absolute Gasteiger partial charge is 0.248 e. The summed E-state index contributed by atoms with van der Waals surface area (Å²) in [5, 5.41) is 3.22. The number of aryl methyl sites for hydroxylation is 1. The van der Waals surface area contributed by atoms with E-state index in [1.165, 1.54) is 12.1 Å². The highest BCUT2D eigenvalue weighted by Gasteiger charge is 2.33. The van der Waals surface area contributed by atoms with E-state index in [0.29, 0.717) is 18.9 Å². The van der Waals surface area contributed by atoms with E-state index >= 15 is 0 Å². The van der Waals surface area contributed by atoms with Crippen molar-refractivity contribution in [1.29, 1.82) is 0 Å². The first-order valence-corrected chi connectivity index (χ1v) is 10.9. The zero-order valence-electron chi connectivity index (χ0n) is 16.6. The molecule has 6 nitrogen and oxygen atoms in total. The molecule has 2 saturated heterocycles. The Balaban J connectivity index is 1.26. The Kier molecular flexibility index (Phi) is 6.42. The van der Waals surface area contributed by atoms with Gasteiger partial charge in [0.05, 0.1) is 17.2 Å². The van der Waals surface area contributed by atoms with Crippen LogP contribution in [0.3, 0.4) is 0 Å². The van der Waals surface area contributed by atoms with Gasteiger partial charge in [0.15, 0.2) is 0 Å². The number of nitrogens with zero attached hydrogens (tertiary/aromatic N) is 3. The zero-order chi connectivity index (χ0) is 20.2. The van der Waals surface area contributed by atoms with E-state index in [1.807, 2.05) is 11.8 Å². The minimum atomic E-state index is -0.292. The molecule has 0 bridgehead atoms. The van der Waals surface area contributed by atoms with Gasteiger partial charge in [-0.05, 0) is 44.0 Å². The van der Waals surface area contributed by atoms with Crippen molar-refractivity contribution < 1.29 is 18.7 Å². The maximum Gasteiger partial charge on any atom is 0.248 e. The molecule has 2 aliphatic heterocycles. The van der Waals surface area contributed by atoms with Crippen molar-refractivity contribution in [1.82, 2.24) is 14.8 Å². The predicted molar refractivity (Wildman–Crippen MR) is 108 cm³/mol. The first-order valence-electron chi connectivity index (χ1n) is 9.99. The summed E-state index contributed by atoms with van der Waals surface area (Å²) in [5.74, 6) is 0.361. The van der Waals surface area contributed by atoms with Crippen molar-refractivity contribution in [3.8, 4) is 5.75 Å². The first-order chi connectivity index (χ1) is 14.1. The summed E-state index contributed by atoms with van der Waals surface area (Å²) < 4.78 is 24.4. The molecule has 4 rings (SSSR count). The summed E-state index contributed by atoms with van der Waals surface area (Å²) in [4.78, 5) is 21.3. The molecule has 0 spiro atoms. The number of carbonyl (C=O) groups excluding carboxylic acids is 1. The summed E-state index contributed by atoms with van der Waals surface area (Å²) in [7, 11) is 0. The van der Waals surface area contributed by atoms with Crippen LogP contribution in [0, 0.1) is 12.7 Å². The Labute approximate surface area is 174 Å². The lowest BCUT2D eigenvalue weighted by Crippen LogP contribution is -2.55. The second-order valence-electron chi connectivity index (χ2n) is 7.61. The number of piperidine rings is 1. The lowest BCUT2D eigenvalue weighted by Gasteiger charge is -2.42. The fraction of sp³-hybridized carbons (Fsp3) is 0.524. The van der Waals surface area contributed by atoms with Gasteiger partial charge < -0.3 is 14.4 Å². The third-order valence-electron chi connectivity index (χ3n) is 5.46. The first kappa shape index (κ1) is 20.3. The van der Waals surface area contributed by atoms with Crippen LogP contribution >= 0.6 is 11.3 Å². The minimum absolute atomic E-state index is 0.0524. The number of thiazole rings is 1. The second-order valence-corrected chi connectivity index (χ2v) is 8.67. The van der Waals surface area contributed by atoms with Crippen LogP contribution in [0.5, 0.6) is 5.75 Å². The molecular formula is C21H26FN3O3S. The maximum absolute atomic E-state index is 13.0. The molecule has 156 valence electrons. The summed E-state index contributed by atoms with van der Waals surface area (Å²) in [6.45, 7) is 5.80. The molecule has 1 aromatic carbocycles. The van der Waals surface area contributed by atoms with E-state index in [9.17, 15) is 9.18 Å². The van der Waals surface area contributed by atoms with Crippen LogP contribution in [0.4, 0.5) is 4.39 Å². The van der Waals surface area contributed by atoms with Crippen molar-refractivity contribution in [3.63, 3.8) is 0 Å². The van der Waals surface area contributed by atoms with Gasteiger partial charge in [-0.2, -0.15) is 0 Å². The topological polar surface area (TPSA) is 54.9 Å². The number of likely N-dealkylation sites (tertiary alicyclic amines) is 1. The number of aromatic nitrogens is 1. The largest absolute Gasteiger partial charge is 0.491 e. The number of rotatable bonds is 6. The lowest BCUT2D eigenvalue weighted by atomic mass is 10.0. The summed E-state index contributed by atoms with van der Waals surface area (Å²) in [5.41, 5.74) is 1.13. The van der Waals surface area contributed by atoms with Crippen LogP contribution in [-0.2, 0) is 16.1 Å². The molecule has 1 atom stereocenters. The van der Waals surface area contributed by atoms with Crippen LogP contribution in [0.2, 0.25) is 0 Å². The Hall–Kier alpha value is -2.03. The second kappa shape index (κ2) is 9.19. The fourth-order valence-electron chi connectivity index (χ4n) is 3.92. The van der Waals surface area contributed by atoms with Gasteiger partial charge in [0, 0.05) is 31.1 Å². The third kappa shape index (κ3) is 5.32. The lowest BCUT2D eigenvalue weighted by molar-refractivity contribution is -0.155. The third-order valence-corrected chi connectivity index (χ3v) is 6.29. The maximum atomic E-state index is 13.0. The molecular weight excluding hydrogens is 393 g/mol. The predicted octanol–water partition coefficient (Wildman–Crippen LogP) is 2.86. The minimum Gasteiger partial charge on any atom is -0.491 e. The van der Waals surface area contributed by atoms with Gasteiger partial charge in [-0.15, -0.1) is 11.3 Å². The molecule has 0 radical (unpaired) electrons. The average Bonchev–Trinajstić information content (AvgIpc) is 3.14. The molecule has 1 aromatic heterocycles. The van der Waals surface area contributed by atoms with Crippen LogP contribution in [0.1, 0.15) is 23.5 Å². The van der Waals surface area contributed by atoms with Gasteiger partial charge in [-0.25, -0.2) is 9.37 Å². The SMILES string of the molecule is Cc1nc(CN2CCC(N3CC(COc4ccc(F)cc4)OCC3=O)CC2)cs1. The number of hydrogen-bond donors (Lipinski definition) is 0. The van der Waals surface area contributed by atoms with E-state index in [2.05, 4.69) is 15.3 Å². The monoisotopic (exact) mass is 419 g/mol.